The van der Waals surface area contributed by atoms with Crippen molar-refractivity contribution < 1.29 is 18.0 Å². The SMILES string of the molecule is CC(=O)c1ccc(-c2cn[nH]c2-c2cccc(-c3cccc(C(F)(F)F)c3)c2)cc1. The van der Waals surface area contributed by atoms with Gasteiger partial charge in [-0.2, -0.15) is 18.3 Å². The molecule has 0 spiro atoms. The molecule has 0 bridgehead atoms. The highest BCUT2D eigenvalue weighted by molar-refractivity contribution is 5.94. The standard InChI is InChI=1S/C24H17F3N2O/c1-15(30)16-8-10-17(11-9-16)22-14-28-29-23(22)20-6-2-4-18(12-20)19-5-3-7-21(13-19)24(25,26)27/h2-14H,1H3,(H,28,29). The van der Waals surface area contributed by atoms with E-state index in [1.807, 2.05) is 24.3 Å². The molecule has 0 saturated heterocycles. The van der Waals surface area contributed by atoms with Crippen LogP contribution in [0.25, 0.3) is 33.5 Å². The average molecular weight is 406 g/mol. The Morgan fingerprint density at radius 1 is 0.833 bits per heavy atom. The molecule has 0 unspecified atom stereocenters. The molecule has 1 aromatic heterocycles. The molecule has 3 aromatic carbocycles. The van der Waals surface area contributed by atoms with Crippen LogP contribution in [0.15, 0.2) is 79.0 Å². The topological polar surface area (TPSA) is 45.8 Å². The fourth-order valence-electron chi connectivity index (χ4n) is 3.34. The van der Waals surface area contributed by atoms with Gasteiger partial charge >= 0.3 is 6.18 Å². The summed E-state index contributed by atoms with van der Waals surface area (Å²) >= 11 is 0. The van der Waals surface area contributed by atoms with E-state index in [1.54, 1.807) is 36.5 Å². The second-order valence-corrected chi connectivity index (χ2v) is 6.95. The number of ketones is 1. The lowest BCUT2D eigenvalue weighted by atomic mass is 9.96. The van der Waals surface area contributed by atoms with Crippen molar-refractivity contribution in [1.29, 1.82) is 0 Å². The van der Waals surface area contributed by atoms with Gasteiger partial charge in [-0.25, -0.2) is 0 Å². The van der Waals surface area contributed by atoms with Gasteiger partial charge in [-0.05, 0) is 41.8 Å². The predicted octanol–water partition coefficient (Wildman–Crippen LogP) is 6.63. The highest BCUT2D eigenvalue weighted by atomic mass is 19.4. The third-order valence-electron chi connectivity index (χ3n) is 4.92. The lowest BCUT2D eigenvalue weighted by molar-refractivity contribution is -0.137. The second-order valence-electron chi connectivity index (χ2n) is 6.95. The van der Waals surface area contributed by atoms with Gasteiger partial charge < -0.3 is 0 Å². The van der Waals surface area contributed by atoms with Crippen LogP contribution in [-0.4, -0.2) is 16.0 Å². The van der Waals surface area contributed by atoms with Crippen LogP contribution >= 0.6 is 0 Å². The van der Waals surface area contributed by atoms with Crippen molar-refractivity contribution in [1.82, 2.24) is 10.2 Å². The van der Waals surface area contributed by atoms with Gasteiger partial charge in [0.05, 0.1) is 17.5 Å². The summed E-state index contributed by atoms with van der Waals surface area (Å²) in [4.78, 5) is 11.5. The molecule has 0 saturated carbocycles. The number of aromatic nitrogens is 2. The summed E-state index contributed by atoms with van der Waals surface area (Å²) in [5, 5.41) is 7.12. The summed E-state index contributed by atoms with van der Waals surface area (Å²) in [6.07, 6.45) is -2.70. The van der Waals surface area contributed by atoms with Crippen molar-refractivity contribution in [3.05, 3.63) is 90.1 Å². The molecular formula is C24H17F3N2O. The fourth-order valence-corrected chi connectivity index (χ4v) is 3.34. The van der Waals surface area contributed by atoms with Gasteiger partial charge in [0.15, 0.2) is 5.78 Å². The lowest BCUT2D eigenvalue weighted by Crippen LogP contribution is -2.04. The molecule has 0 radical (unpaired) electrons. The maximum Gasteiger partial charge on any atom is 0.416 e. The van der Waals surface area contributed by atoms with Crippen molar-refractivity contribution in [3.63, 3.8) is 0 Å². The summed E-state index contributed by atoms with van der Waals surface area (Å²) in [5.74, 6) is -0.0113. The third-order valence-corrected chi connectivity index (χ3v) is 4.92. The van der Waals surface area contributed by atoms with E-state index in [1.165, 1.54) is 13.0 Å². The summed E-state index contributed by atoms with van der Waals surface area (Å²) in [6.45, 7) is 1.51. The predicted molar refractivity (Wildman–Crippen MR) is 110 cm³/mol. The number of rotatable bonds is 4. The first kappa shape index (κ1) is 19.6. The van der Waals surface area contributed by atoms with Crippen molar-refractivity contribution in [2.75, 3.05) is 0 Å². The Morgan fingerprint density at radius 3 is 2.13 bits per heavy atom. The van der Waals surface area contributed by atoms with Crippen LogP contribution in [0, 0.1) is 0 Å². The second kappa shape index (κ2) is 7.63. The molecule has 30 heavy (non-hydrogen) atoms. The Kier molecular flexibility index (Phi) is 4.99. The highest BCUT2D eigenvalue weighted by Crippen LogP contribution is 2.35. The molecule has 0 aliphatic heterocycles. The molecule has 0 amide bonds. The van der Waals surface area contributed by atoms with Gasteiger partial charge in [0.1, 0.15) is 0 Å². The summed E-state index contributed by atoms with van der Waals surface area (Å²) in [7, 11) is 0. The molecule has 150 valence electrons. The number of benzene rings is 3. The number of Topliss-reactive ketones (excluding diaryl/α,β-unsaturated/α-hetero) is 1. The van der Waals surface area contributed by atoms with Crippen LogP contribution in [0.5, 0.6) is 0 Å². The molecule has 0 fully saturated rings. The Labute approximate surface area is 171 Å². The highest BCUT2D eigenvalue weighted by Gasteiger charge is 2.30. The van der Waals surface area contributed by atoms with E-state index in [-0.39, 0.29) is 5.78 Å². The Balaban J connectivity index is 1.73. The zero-order valence-corrected chi connectivity index (χ0v) is 16.0. The molecule has 6 heteroatoms. The summed E-state index contributed by atoms with van der Waals surface area (Å²) in [5.41, 5.74) is 4.37. The van der Waals surface area contributed by atoms with Gasteiger partial charge in [-0.3, -0.25) is 9.89 Å². The van der Waals surface area contributed by atoms with Crippen LogP contribution in [0.3, 0.4) is 0 Å². The smallest absolute Gasteiger partial charge is 0.295 e. The van der Waals surface area contributed by atoms with Crippen LogP contribution in [-0.2, 0) is 6.18 Å². The van der Waals surface area contributed by atoms with Gasteiger partial charge in [-0.15, -0.1) is 0 Å². The molecule has 1 heterocycles. The molecule has 0 aliphatic carbocycles. The number of halogens is 3. The molecule has 3 nitrogen and oxygen atoms in total. The van der Waals surface area contributed by atoms with Gasteiger partial charge in [0.25, 0.3) is 0 Å². The minimum atomic E-state index is -4.39. The van der Waals surface area contributed by atoms with Crippen molar-refractivity contribution in [2.24, 2.45) is 0 Å². The van der Waals surface area contributed by atoms with Crippen LogP contribution < -0.4 is 0 Å². The minimum Gasteiger partial charge on any atom is -0.295 e. The van der Waals surface area contributed by atoms with Crippen molar-refractivity contribution >= 4 is 5.78 Å². The third kappa shape index (κ3) is 3.89. The maximum absolute atomic E-state index is 13.1. The number of alkyl halides is 3. The van der Waals surface area contributed by atoms with E-state index in [2.05, 4.69) is 10.2 Å². The first-order chi connectivity index (χ1) is 14.3. The average Bonchev–Trinajstić information content (AvgIpc) is 3.23. The largest absolute Gasteiger partial charge is 0.416 e. The summed E-state index contributed by atoms with van der Waals surface area (Å²) in [6, 6.07) is 19.8. The molecular weight excluding hydrogens is 389 g/mol. The van der Waals surface area contributed by atoms with E-state index in [0.29, 0.717) is 16.7 Å². The zero-order valence-electron chi connectivity index (χ0n) is 16.0. The first-order valence-electron chi connectivity index (χ1n) is 9.26. The lowest BCUT2D eigenvalue weighted by Gasteiger charge is -2.10. The number of carbonyl (C=O) groups excluding carboxylic acids is 1. The molecule has 0 atom stereocenters. The number of carbonyl (C=O) groups is 1. The molecule has 0 aliphatic rings. The number of aromatic amines is 1. The van der Waals surface area contributed by atoms with Crippen LogP contribution in [0.1, 0.15) is 22.8 Å². The monoisotopic (exact) mass is 406 g/mol. The van der Waals surface area contributed by atoms with E-state index < -0.39 is 11.7 Å². The minimum absolute atomic E-state index is 0.0113. The molecule has 4 rings (SSSR count). The number of hydrogen-bond donors (Lipinski definition) is 1. The number of nitrogens with one attached hydrogen (secondary N) is 1. The van der Waals surface area contributed by atoms with Gasteiger partial charge in [0, 0.05) is 16.7 Å². The van der Waals surface area contributed by atoms with Crippen LogP contribution in [0.4, 0.5) is 13.2 Å². The van der Waals surface area contributed by atoms with Crippen molar-refractivity contribution in [2.45, 2.75) is 13.1 Å². The molecule has 1 N–H and O–H groups in total. The quantitative estimate of drug-likeness (QED) is 0.387. The van der Waals surface area contributed by atoms with E-state index in [0.717, 1.165) is 34.5 Å². The van der Waals surface area contributed by atoms with Crippen molar-refractivity contribution in [3.8, 4) is 33.5 Å². The van der Waals surface area contributed by atoms with Gasteiger partial charge in [0.2, 0.25) is 0 Å². The number of H-pyrrole nitrogens is 1. The Morgan fingerprint density at radius 2 is 1.47 bits per heavy atom. The van der Waals surface area contributed by atoms with Crippen LogP contribution in [0.2, 0.25) is 0 Å². The Hall–Kier alpha value is -3.67. The number of hydrogen-bond acceptors (Lipinski definition) is 2. The summed E-state index contributed by atoms with van der Waals surface area (Å²) < 4.78 is 39.2. The molecule has 4 aromatic rings. The first-order valence-corrected chi connectivity index (χ1v) is 9.26. The normalized spacial score (nSPS) is 11.5. The van der Waals surface area contributed by atoms with E-state index in [9.17, 15) is 18.0 Å². The maximum atomic E-state index is 13.1. The van der Waals surface area contributed by atoms with E-state index in [4.69, 9.17) is 0 Å². The van der Waals surface area contributed by atoms with Gasteiger partial charge in [-0.1, -0.05) is 54.6 Å². The zero-order chi connectivity index (χ0) is 21.3. The number of nitrogens with zero attached hydrogens (tertiary/aromatic N) is 1. The Bertz CT molecular complexity index is 1210. The van der Waals surface area contributed by atoms with E-state index >= 15 is 0 Å². The fraction of sp³-hybridized carbons (Fsp3) is 0.0833.